The average Bonchev–Trinajstić information content (AvgIpc) is 2.84. The first-order chi connectivity index (χ1) is 10.3. The van der Waals surface area contributed by atoms with E-state index in [1.807, 2.05) is 20.8 Å². The van der Waals surface area contributed by atoms with Crippen LogP contribution >= 0.6 is 11.6 Å². The van der Waals surface area contributed by atoms with Gasteiger partial charge in [-0.25, -0.2) is 0 Å². The number of hydrogen-bond acceptors (Lipinski definition) is 2. The first-order valence-corrected chi connectivity index (χ1v) is 7.21. The van der Waals surface area contributed by atoms with E-state index in [1.54, 1.807) is 24.3 Å². The number of hydrogen-bond donors (Lipinski definition) is 3. The zero-order chi connectivity index (χ0) is 16.3. The Bertz CT molecular complexity index is 701. The van der Waals surface area contributed by atoms with Gasteiger partial charge in [0.15, 0.2) is 0 Å². The van der Waals surface area contributed by atoms with Crippen molar-refractivity contribution in [3.05, 3.63) is 52.8 Å². The number of halogens is 1. The molecule has 1 aromatic heterocycles. The molecule has 0 aliphatic rings. The molecule has 6 heteroatoms. The van der Waals surface area contributed by atoms with Crippen molar-refractivity contribution in [1.82, 2.24) is 10.3 Å². The van der Waals surface area contributed by atoms with Crippen molar-refractivity contribution in [2.24, 2.45) is 0 Å². The van der Waals surface area contributed by atoms with Crippen molar-refractivity contribution >= 4 is 29.1 Å². The molecule has 2 rings (SSSR count). The Labute approximate surface area is 134 Å². The predicted octanol–water partition coefficient (Wildman–Crippen LogP) is 3.45. The van der Waals surface area contributed by atoms with Crippen molar-refractivity contribution in [1.29, 1.82) is 0 Å². The third-order valence-corrected chi connectivity index (χ3v) is 3.02. The highest BCUT2D eigenvalue weighted by atomic mass is 35.5. The summed E-state index contributed by atoms with van der Waals surface area (Å²) in [5.41, 5.74) is 0.820. The van der Waals surface area contributed by atoms with Crippen LogP contribution in [0.5, 0.6) is 0 Å². The maximum absolute atomic E-state index is 12.3. The van der Waals surface area contributed by atoms with Gasteiger partial charge >= 0.3 is 0 Å². The van der Waals surface area contributed by atoms with E-state index in [1.165, 1.54) is 12.3 Å². The Hall–Kier alpha value is -2.27. The number of H-pyrrole nitrogens is 1. The van der Waals surface area contributed by atoms with Gasteiger partial charge in [-0.05, 0) is 39.0 Å². The Morgan fingerprint density at radius 3 is 2.41 bits per heavy atom. The smallest absolute Gasteiger partial charge is 0.272 e. The van der Waals surface area contributed by atoms with E-state index in [2.05, 4.69) is 15.6 Å². The first kappa shape index (κ1) is 16.1. The fourth-order valence-corrected chi connectivity index (χ4v) is 2.05. The van der Waals surface area contributed by atoms with E-state index in [0.717, 1.165) is 0 Å². The Kier molecular flexibility index (Phi) is 4.56. The second-order valence-corrected chi connectivity index (χ2v) is 6.37. The lowest BCUT2D eigenvalue weighted by molar-refractivity contribution is 0.0920. The highest BCUT2D eigenvalue weighted by Crippen LogP contribution is 2.18. The molecule has 0 bridgehead atoms. The molecule has 1 aromatic carbocycles. The van der Waals surface area contributed by atoms with Crippen LogP contribution in [0.25, 0.3) is 0 Å². The standard InChI is InChI=1S/C16H18ClN3O2/c1-16(2,3)20-14(21)11-6-4-5-7-12(11)19-15(22)13-8-10(17)9-18-13/h4-9,18H,1-3H3,(H,19,22)(H,20,21). The molecule has 2 aromatic rings. The van der Waals surface area contributed by atoms with E-state index >= 15 is 0 Å². The molecule has 0 saturated heterocycles. The zero-order valence-corrected chi connectivity index (χ0v) is 13.4. The summed E-state index contributed by atoms with van der Waals surface area (Å²) < 4.78 is 0. The van der Waals surface area contributed by atoms with Gasteiger partial charge in [0.05, 0.1) is 16.3 Å². The molecule has 0 aliphatic heterocycles. The second kappa shape index (κ2) is 6.23. The molecule has 0 unspecified atom stereocenters. The highest BCUT2D eigenvalue weighted by Gasteiger charge is 2.19. The normalized spacial score (nSPS) is 11.1. The number of benzene rings is 1. The van der Waals surface area contributed by atoms with Crippen molar-refractivity contribution < 1.29 is 9.59 Å². The maximum atomic E-state index is 12.3. The molecule has 1 heterocycles. The maximum Gasteiger partial charge on any atom is 0.272 e. The summed E-state index contributed by atoms with van der Waals surface area (Å²) >= 11 is 5.79. The van der Waals surface area contributed by atoms with Crippen LogP contribution in [-0.4, -0.2) is 22.3 Å². The lowest BCUT2D eigenvalue weighted by atomic mass is 10.1. The number of nitrogens with one attached hydrogen (secondary N) is 3. The summed E-state index contributed by atoms with van der Waals surface area (Å²) in [6.07, 6.45) is 1.52. The highest BCUT2D eigenvalue weighted by molar-refractivity contribution is 6.31. The van der Waals surface area contributed by atoms with Gasteiger partial charge in [-0.1, -0.05) is 23.7 Å². The fraction of sp³-hybridized carbons (Fsp3) is 0.250. The Morgan fingerprint density at radius 2 is 1.82 bits per heavy atom. The van der Waals surface area contributed by atoms with E-state index in [-0.39, 0.29) is 17.4 Å². The van der Waals surface area contributed by atoms with Gasteiger partial charge in [-0.3, -0.25) is 9.59 Å². The van der Waals surface area contributed by atoms with E-state index in [4.69, 9.17) is 11.6 Å². The van der Waals surface area contributed by atoms with Crippen molar-refractivity contribution in [3.63, 3.8) is 0 Å². The van der Waals surface area contributed by atoms with Crippen LogP contribution in [0.1, 0.15) is 41.6 Å². The molecule has 0 radical (unpaired) electrons. The summed E-state index contributed by atoms with van der Waals surface area (Å²) in [6, 6.07) is 8.37. The molecular formula is C16H18ClN3O2. The minimum atomic E-state index is -0.360. The van der Waals surface area contributed by atoms with E-state index < -0.39 is 0 Å². The van der Waals surface area contributed by atoms with Crippen LogP contribution in [0.2, 0.25) is 5.02 Å². The molecule has 0 aliphatic carbocycles. The van der Waals surface area contributed by atoms with Crippen molar-refractivity contribution in [3.8, 4) is 0 Å². The van der Waals surface area contributed by atoms with Gasteiger partial charge in [-0.15, -0.1) is 0 Å². The number of anilines is 1. The molecular weight excluding hydrogens is 302 g/mol. The van der Waals surface area contributed by atoms with Crippen LogP contribution in [0, 0.1) is 0 Å². The van der Waals surface area contributed by atoms with Gasteiger partial charge in [0, 0.05) is 11.7 Å². The number of rotatable bonds is 3. The number of amides is 2. The summed E-state index contributed by atoms with van der Waals surface area (Å²) in [5, 5.41) is 6.04. The number of aromatic nitrogens is 1. The summed E-state index contributed by atoms with van der Waals surface area (Å²) in [5.74, 6) is -0.601. The Balaban J connectivity index is 2.21. The van der Waals surface area contributed by atoms with Gasteiger partial charge < -0.3 is 15.6 Å². The predicted molar refractivity (Wildman–Crippen MR) is 87.4 cm³/mol. The molecule has 0 fully saturated rings. The number of aromatic amines is 1. The molecule has 0 spiro atoms. The molecule has 22 heavy (non-hydrogen) atoms. The van der Waals surface area contributed by atoms with Crippen LogP contribution < -0.4 is 10.6 Å². The van der Waals surface area contributed by atoms with Crippen LogP contribution in [0.15, 0.2) is 36.5 Å². The van der Waals surface area contributed by atoms with E-state index in [9.17, 15) is 9.59 Å². The third kappa shape index (κ3) is 4.11. The quantitative estimate of drug-likeness (QED) is 0.810. The Morgan fingerprint density at radius 1 is 1.14 bits per heavy atom. The minimum Gasteiger partial charge on any atom is -0.356 e. The number of carbonyl (C=O) groups is 2. The molecule has 5 nitrogen and oxygen atoms in total. The monoisotopic (exact) mass is 319 g/mol. The van der Waals surface area contributed by atoms with Crippen LogP contribution in [0.4, 0.5) is 5.69 Å². The zero-order valence-electron chi connectivity index (χ0n) is 12.7. The first-order valence-electron chi connectivity index (χ1n) is 6.83. The van der Waals surface area contributed by atoms with Crippen LogP contribution in [0.3, 0.4) is 0 Å². The van der Waals surface area contributed by atoms with Gasteiger partial charge in [-0.2, -0.15) is 0 Å². The average molecular weight is 320 g/mol. The molecule has 116 valence electrons. The summed E-state index contributed by atoms with van der Waals surface area (Å²) in [6.45, 7) is 5.69. The number of para-hydroxylation sites is 1. The summed E-state index contributed by atoms with van der Waals surface area (Å²) in [4.78, 5) is 27.2. The summed E-state index contributed by atoms with van der Waals surface area (Å²) in [7, 11) is 0. The van der Waals surface area contributed by atoms with Crippen LogP contribution in [-0.2, 0) is 0 Å². The largest absolute Gasteiger partial charge is 0.356 e. The van der Waals surface area contributed by atoms with E-state index in [0.29, 0.717) is 22.0 Å². The molecule has 2 amide bonds. The lowest BCUT2D eigenvalue weighted by Gasteiger charge is -2.21. The molecule has 3 N–H and O–H groups in total. The minimum absolute atomic E-state index is 0.243. The molecule has 0 atom stereocenters. The van der Waals surface area contributed by atoms with Gasteiger partial charge in [0.2, 0.25) is 0 Å². The third-order valence-electron chi connectivity index (χ3n) is 2.80. The van der Waals surface area contributed by atoms with Crippen molar-refractivity contribution in [2.45, 2.75) is 26.3 Å². The van der Waals surface area contributed by atoms with Gasteiger partial charge in [0.1, 0.15) is 5.69 Å². The van der Waals surface area contributed by atoms with Gasteiger partial charge in [0.25, 0.3) is 11.8 Å². The van der Waals surface area contributed by atoms with Crippen molar-refractivity contribution in [2.75, 3.05) is 5.32 Å². The lowest BCUT2D eigenvalue weighted by Crippen LogP contribution is -2.40. The SMILES string of the molecule is CC(C)(C)NC(=O)c1ccccc1NC(=O)c1cc(Cl)c[nH]1. The second-order valence-electron chi connectivity index (χ2n) is 5.94. The topological polar surface area (TPSA) is 74.0 Å². The fourth-order valence-electron chi connectivity index (χ4n) is 1.89. The number of carbonyl (C=O) groups excluding carboxylic acids is 2. The molecule has 0 saturated carbocycles.